The highest BCUT2D eigenvalue weighted by Crippen LogP contribution is 2.45. The van der Waals surface area contributed by atoms with Gasteiger partial charge in [-0.3, -0.25) is 40.5 Å². The summed E-state index contributed by atoms with van der Waals surface area (Å²) in [5, 5.41) is 89.7. The maximum atomic E-state index is 13.0. The van der Waals surface area contributed by atoms with Crippen LogP contribution in [0.25, 0.3) is 0 Å². The maximum absolute atomic E-state index is 13.0. The van der Waals surface area contributed by atoms with Crippen molar-refractivity contribution in [2.75, 3.05) is 26.4 Å². The molecule has 1 aliphatic carbocycles. The number of hydrogen-bond acceptors (Lipinski definition) is 20. The summed E-state index contributed by atoms with van der Waals surface area (Å²) in [7, 11) is 0. The highest BCUT2D eigenvalue weighted by atomic mass is 16.6. The number of carbonyl (C=O) groups excluding carboxylic acids is 2. The first-order valence-corrected chi connectivity index (χ1v) is 25.0. The zero-order valence-electron chi connectivity index (χ0n) is 44.9. The van der Waals surface area contributed by atoms with Crippen molar-refractivity contribution < 1.29 is 58.4 Å². The lowest BCUT2D eigenvalue weighted by Crippen LogP contribution is -2.18. The van der Waals surface area contributed by atoms with Crippen LogP contribution in [0.3, 0.4) is 0 Å². The van der Waals surface area contributed by atoms with Crippen LogP contribution in [0.2, 0.25) is 0 Å². The van der Waals surface area contributed by atoms with Crippen LogP contribution in [-0.2, 0) is 55.6 Å². The summed E-state index contributed by atoms with van der Waals surface area (Å²) in [6.07, 6.45) is -0.524. The number of nitro benzene ring substituents is 4. The van der Waals surface area contributed by atoms with E-state index in [0.717, 1.165) is 47.5 Å². The van der Waals surface area contributed by atoms with Gasteiger partial charge in [-0.25, -0.2) is 9.59 Å². The molecule has 0 unspecified atom stereocenters. The molecule has 416 valence electrons. The van der Waals surface area contributed by atoms with Gasteiger partial charge >= 0.3 is 23.3 Å². The van der Waals surface area contributed by atoms with Gasteiger partial charge in [0.15, 0.2) is 24.6 Å². The molecule has 7 rings (SSSR count). The third-order valence-corrected chi connectivity index (χ3v) is 12.8. The summed E-state index contributed by atoms with van der Waals surface area (Å²) in [6.45, 7) is 14.0. The molecule has 6 aromatic rings. The van der Waals surface area contributed by atoms with E-state index in [0.29, 0.717) is 22.3 Å². The van der Waals surface area contributed by atoms with Crippen molar-refractivity contribution in [2.24, 2.45) is 20.5 Å². The van der Waals surface area contributed by atoms with Crippen molar-refractivity contribution in [1.29, 1.82) is 0 Å². The number of fused-ring (bicyclic) bond motifs is 8. The maximum Gasteiger partial charge on any atom is 0.344 e. The Kier molecular flexibility index (Phi) is 17.3. The van der Waals surface area contributed by atoms with Crippen molar-refractivity contribution in [3.63, 3.8) is 0 Å². The Morgan fingerprint density at radius 3 is 1.05 bits per heavy atom. The molecule has 0 heterocycles. The second-order valence-corrected chi connectivity index (χ2v) is 20.6. The molecule has 0 amide bonds. The molecule has 24 heteroatoms. The number of rotatable bonds is 16. The smallest absolute Gasteiger partial charge is 0.344 e. The predicted molar refractivity (Wildman–Crippen MR) is 290 cm³/mol. The van der Waals surface area contributed by atoms with Crippen molar-refractivity contribution >= 4 is 57.4 Å². The van der Waals surface area contributed by atoms with Crippen LogP contribution >= 0.6 is 0 Å². The molecule has 0 fully saturated rings. The minimum atomic E-state index is -0.824. The molecule has 2 N–H and O–H groups in total. The second kappa shape index (κ2) is 23.9. The monoisotopic (exact) mass is 1100 g/mol. The minimum Gasteiger partial charge on any atom is -0.507 e. The number of ether oxygens (including phenoxy) is 4. The Labute approximate surface area is 457 Å². The average Bonchev–Trinajstić information content (AvgIpc) is 3.38. The molecule has 0 aromatic heterocycles. The van der Waals surface area contributed by atoms with Gasteiger partial charge in [-0.15, -0.1) is 10.2 Å². The molecule has 1 aliphatic rings. The molecule has 80 heavy (non-hydrogen) atoms. The highest BCUT2D eigenvalue weighted by molar-refractivity contribution is 5.72. The van der Waals surface area contributed by atoms with Gasteiger partial charge in [0, 0.05) is 60.1 Å². The molecule has 24 nitrogen and oxygen atoms in total. The zero-order chi connectivity index (χ0) is 58.4. The SMILES string of the molecule is CCOC(=O)COc1c2cc(C(C)(C)C)cc1Cc1cc(N=Nc3ccc([N+](=O)[O-])cc3[N+](=O)[O-])cc(c1O)Cc1cc(C(C)(C)C)cc(c1OCC(=O)OCC)Cc1cc(N=Nc3ccc([N+](=O)[O-])cc3[N+](=O)[O-])cc(c1O)C2. The summed E-state index contributed by atoms with van der Waals surface area (Å²) in [4.78, 5) is 70.3. The third kappa shape index (κ3) is 13.7. The van der Waals surface area contributed by atoms with E-state index in [9.17, 15) is 60.3 Å². The number of phenolic OH excluding ortho intramolecular Hbond substituents is 2. The molecular weight excluding hydrogens is 1040 g/mol. The molecule has 0 radical (unpaired) electrons. The number of carbonyl (C=O) groups is 2. The Bertz CT molecular complexity index is 3220. The number of non-ortho nitro benzene ring substituents is 2. The lowest BCUT2D eigenvalue weighted by molar-refractivity contribution is -0.394. The van der Waals surface area contributed by atoms with Gasteiger partial charge < -0.3 is 29.2 Å². The van der Waals surface area contributed by atoms with Crippen LogP contribution in [-0.4, -0.2) is 68.3 Å². The first-order chi connectivity index (χ1) is 37.7. The van der Waals surface area contributed by atoms with Crippen molar-refractivity contribution in [3.8, 4) is 23.0 Å². The van der Waals surface area contributed by atoms with Crippen molar-refractivity contribution in [2.45, 2.75) is 91.9 Å². The van der Waals surface area contributed by atoms with E-state index in [1.165, 1.54) is 24.3 Å². The second-order valence-electron chi connectivity index (χ2n) is 20.6. The third-order valence-electron chi connectivity index (χ3n) is 12.8. The van der Waals surface area contributed by atoms with Crippen LogP contribution in [0.5, 0.6) is 23.0 Å². The van der Waals surface area contributed by atoms with E-state index in [4.69, 9.17) is 18.9 Å². The number of phenols is 2. The van der Waals surface area contributed by atoms with Crippen LogP contribution in [0.4, 0.5) is 45.5 Å². The van der Waals surface area contributed by atoms with Crippen LogP contribution in [0.1, 0.15) is 111 Å². The molecular formula is C56H56N8O16. The average molecular weight is 1100 g/mol. The largest absolute Gasteiger partial charge is 0.507 e. The molecule has 8 bridgehead atoms. The fourth-order valence-electron chi connectivity index (χ4n) is 8.83. The quantitative estimate of drug-likeness (QED) is 0.0393. The molecule has 0 saturated carbocycles. The number of nitrogens with zero attached hydrogens (tertiary/aromatic N) is 8. The Morgan fingerprint density at radius 2 is 0.787 bits per heavy atom. The number of hydrogen-bond donors (Lipinski definition) is 2. The van der Waals surface area contributed by atoms with E-state index in [-0.39, 0.29) is 107 Å². The number of azo groups is 2. The van der Waals surface area contributed by atoms with Gasteiger partial charge in [-0.1, -0.05) is 65.8 Å². The molecule has 6 aromatic carbocycles. The van der Waals surface area contributed by atoms with E-state index in [1.807, 2.05) is 65.8 Å². The van der Waals surface area contributed by atoms with E-state index >= 15 is 0 Å². The van der Waals surface area contributed by atoms with Gasteiger partial charge in [0.1, 0.15) is 23.0 Å². The zero-order valence-corrected chi connectivity index (χ0v) is 44.9. The van der Waals surface area contributed by atoms with E-state index < -0.39 is 78.4 Å². The van der Waals surface area contributed by atoms with E-state index in [1.54, 1.807) is 13.8 Å². The molecule has 0 aliphatic heterocycles. The molecule has 0 saturated heterocycles. The summed E-state index contributed by atoms with van der Waals surface area (Å²) in [5.74, 6) is -1.52. The molecule has 0 atom stereocenters. The summed E-state index contributed by atoms with van der Waals surface area (Å²) in [5.41, 5.74) is 0.139. The van der Waals surface area contributed by atoms with Gasteiger partial charge in [-0.05, 0) is 94.5 Å². The first kappa shape index (κ1) is 58.0. The van der Waals surface area contributed by atoms with Gasteiger partial charge in [0.2, 0.25) is 0 Å². The number of benzene rings is 6. The first-order valence-electron chi connectivity index (χ1n) is 25.0. The number of aromatic hydroxyl groups is 2. The number of esters is 2. The summed E-state index contributed by atoms with van der Waals surface area (Å²) < 4.78 is 23.2. The van der Waals surface area contributed by atoms with Gasteiger partial charge in [0.25, 0.3) is 11.4 Å². The van der Waals surface area contributed by atoms with Crippen LogP contribution < -0.4 is 9.47 Å². The summed E-state index contributed by atoms with van der Waals surface area (Å²) >= 11 is 0. The Morgan fingerprint density at radius 1 is 0.475 bits per heavy atom. The lowest BCUT2D eigenvalue weighted by Gasteiger charge is -2.26. The molecule has 0 spiro atoms. The Hall–Kier alpha value is -9.74. The number of nitro groups is 4. The summed E-state index contributed by atoms with van der Waals surface area (Å²) in [6, 6.07) is 19.2. The van der Waals surface area contributed by atoms with Gasteiger partial charge in [0.05, 0.1) is 56.4 Å². The van der Waals surface area contributed by atoms with E-state index in [2.05, 4.69) is 20.5 Å². The highest BCUT2D eigenvalue weighted by Gasteiger charge is 2.29. The van der Waals surface area contributed by atoms with Crippen LogP contribution in [0.15, 0.2) is 105 Å². The topological polar surface area (TPSA) is 334 Å². The minimum absolute atomic E-state index is 0.0435. The van der Waals surface area contributed by atoms with Crippen LogP contribution in [0, 0.1) is 40.5 Å². The predicted octanol–water partition coefficient (Wildman–Crippen LogP) is 12.7. The normalized spacial score (nSPS) is 12.5. The van der Waals surface area contributed by atoms with Crippen molar-refractivity contribution in [3.05, 3.63) is 181 Å². The fraction of sp³-hybridized carbons (Fsp3) is 0.321. The van der Waals surface area contributed by atoms with Gasteiger partial charge in [-0.2, -0.15) is 10.2 Å². The Balaban J connectivity index is 1.56. The fourth-order valence-corrected chi connectivity index (χ4v) is 8.83. The van der Waals surface area contributed by atoms with Crippen molar-refractivity contribution in [1.82, 2.24) is 0 Å². The lowest BCUT2D eigenvalue weighted by atomic mass is 9.81. The standard InChI is InChI=1S/C56H56N8O16/c1-9-77-49(65)29-79-53-35-15-31-23-41(57-59-45-13-11-43(61(69)70)27-47(45)63(73)74)25-33(51(31)67)17-37-21-40(56(6,7)8)22-38(54(37)80-30-50(66)78-10-2)18-34-26-42(58-60-46-14-12-44(62(71)72)28-48(46)64(75)76)24-32(52(34)68)16-36(53)20-39(19-35)55(3,4)5/h11-14,19-28,67-68H,9-10,15-18,29-30H2,1-8H3.